The van der Waals surface area contributed by atoms with E-state index in [1.807, 2.05) is 25.1 Å². The van der Waals surface area contributed by atoms with Gasteiger partial charge in [0.25, 0.3) is 5.91 Å². The van der Waals surface area contributed by atoms with Gasteiger partial charge in [-0.05, 0) is 49.9 Å². The van der Waals surface area contributed by atoms with E-state index in [-0.39, 0.29) is 18.4 Å². The molecule has 0 saturated carbocycles. The molecule has 0 heterocycles. The fourth-order valence-corrected chi connectivity index (χ4v) is 3.05. The number of carbonyl (C=O) groups is 2. The zero-order valence-electron chi connectivity index (χ0n) is 15.4. The predicted octanol–water partition coefficient (Wildman–Crippen LogP) is 4.61. The molecule has 27 heavy (non-hydrogen) atoms. The molecular formula is C21H23Cl2NO3. The third-order valence-electron chi connectivity index (χ3n) is 4.12. The van der Waals surface area contributed by atoms with E-state index in [4.69, 9.17) is 27.9 Å². The van der Waals surface area contributed by atoms with Gasteiger partial charge in [0.15, 0.2) is 6.10 Å². The molecule has 0 aliphatic carbocycles. The third kappa shape index (κ3) is 7.24. The minimum absolute atomic E-state index is 0.0167. The van der Waals surface area contributed by atoms with Crippen molar-refractivity contribution in [3.05, 3.63) is 69.7 Å². The van der Waals surface area contributed by atoms with E-state index in [1.54, 1.807) is 25.1 Å². The highest BCUT2D eigenvalue weighted by atomic mass is 35.5. The van der Waals surface area contributed by atoms with E-state index in [2.05, 4.69) is 17.4 Å². The molecule has 6 heteroatoms. The van der Waals surface area contributed by atoms with E-state index >= 15 is 0 Å². The second-order valence-electron chi connectivity index (χ2n) is 6.48. The summed E-state index contributed by atoms with van der Waals surface area (Å²) in [5.41, 5.74) is 1.83. The summed E-state index contributed by atoms with van der Waals surface area (Å²) in [6, 6.07) is 14.9. The maximum absolute atomic E-state index is 12.2. The summed E-state index contributed by atoms with van der Waals surface area (Å²) in [6.45, 7) is 3.49. The Kier molecular flexibility index (Phi) is 8.14. The summed E-state index contributed by atoms with van der Waals surface area (Å²) in [5.74, 6) is -0.829. The molecule has 0 radical (unpaired) electrons. The van der Waals surface area contributed by atoms with Crippen LogP contribution < -0.4 is 5.32 Å². The first-order valence-corrected chi connectivity index (χ1v) is 9.58. The third-order valence-corrected chi connectivity index (χ3v) is 4.71. The van der Waals surface area contributed by atoms with Crippen molar-refractivity contribution >= 4 is 35.1 Å². The number of carbonyl (C=O) groups excluding carboxylic acids is 2. The summed E-state index contributed by atoms with van der Waals surface area (Å²) in [6.07, 6.45) is 0.780. The lowest BCUT2D eigenvalue weighted by molar-refractivity contribution is -0.154. The highest BCUT2D eigenvalue weighted by Crippen LogP contribution is 2.21. The number of benzene rings is 2. The Morgan fingerprint density at radius 2 is 1.78 bits per heavy atom. The molecule has 2 rings (SSSR count). The van der Waals surface area contributed by atoms with E-state index < -0.39 is 12.1 Å². The number of amides is 1. The Labute approximate surface area is 169 Å². The molecule has 0 bridgehead atoms. The fraction of sp³-hybridized carbons (Fsp3) is 0.333. The van der Waals surface area contributed by atoms with Crippen LogP contribution >= 0.6 is 23.2 Å². The topological polar surface area (TPSA) is 55.4 Å². The standard InChI is InChI=1S/C21H23Cl2NO3/c1-14(8-9-16-6-4-3-5-7-16)24-21(26)15(2)27-20(25)12-17-10-11-18(22)13-19(17)23/h3-7,10-11,13-15H,8-9,12H2,1-2H3,(H,24,26)/t14-,15+/m0/s1. The normalized spacial score (nSPS) is 12.9. The largest absolute Gasteiger partial charge is 0.452 e. The van der Waals surface area contributed by atoms with Crippen LogP contribution in [0.4, 0.5) is 0 Å². The van der Waals surface area contributed by atoms with Crippen molar-refractivity contribution in [3.8, 4) is 0 Å². The molecule has 0 aromatic heterocycles. The molecule has 2 aromatic rings. The van der Waals surface area contributed by atoms with Crippen LogP contribution in [0.3, 0.4) is 0 Å². The number of hydrogen-bond acceptors (Lipinski definition) is 3. The van der Waals surface area contributed by atoms with E-state index in [1.165, 1.54) is 5.56 Å². The lowest BCUT2D eigenvalue weighted by Gasteiger charge is -2.18. The van der Waals surface area contributed by atoms with Crippen molar-refractivity contribution in [2.45, 2.75) is 45.3 Å². The Morgan fingerprint density at radius 1 is 1.07 bits per heavy atom. The smallest absolute Gasteiger partial charge is 0.311 e. The molecule has 1 N–H and O–H groups in total. The van der Waals surface area contributed by atoms with Crippen LogP contribution in [-0.4, -0.2) is 24.0 Å². The Hall–Kier alpha value is -2.04. The maximum atomic E-state index is 12.2. The summed E-state index contributed by atoms with van der Waals surface area (Å²) in [7, 11) is 0. The van der Waals surface area contributed by atoms with Crippen LogP contribution in [0.5, 0.6) is 0 Å². The van der Waals surface area contributed by atoms with Crippen molar-refractivity contribution < 1.29 is 14.3 Å². The minimum atomic E-state index is -0.872. The minimum Gasteiger partial charge on any atom is -0.452 e. The molecule has 2 aromatic carbocycles. The van der Waals surface area contributed by atoms with E-state index in [9.17, 15) is 9.59 Å². The van der Waals surface area contributed by atoms with Crippen molar-refractivity contribution in [2.75, 3.05) is 0 Å². The summed E-state index contributed by atoms with van der Waals surface area (Å²) in [5, 5.41) is 3.77. The molecule has 0 aliphatic rings. The number of ether oxygens (including phenoxy) is 1. The lowest BCUT2D eigenvalue weighted by atomic mass is 10.1. The van der Waals surface area contributed by atoms with Gasteiger partial charge in [0.2, 0.25) is 0 Å². The molecule has 144 valence electrons. The maximum Gasteiger partial charge on any atom is 0.311 e. The van der Waals surface area contributed by atoms with Gasteiger partial charge in [-0.2, -0.15) is 0 Å². The van der Waals surface area contributed by atoms with Gasteiger partial charge in [-0.15, -0.1) is 0 Å². The number of aryl methyl sites for hydroxylation is 1. The van der Waals surface area contributed by atoms with Gasteiger partial charge in [0, 0.05) is 16.1 Å². The molecule has 2 atom stereocenters. The van der Waals surface area contributed by atoms with Gasteiger partial charge < -0.3 is 10.1 Å². The summed E-state index contributed by atoms with van der Waals surface area (Å²) in [4.78, 5) is 24.3. The monoisotopic (exact) mass is 407 g/mol. The van der Waals surface area contributed by atoms with Crippen LogP contribution in [0.1, 0.15) is 31.4 Å². The van der Waals surface area contributed by atoms with Crippen molar-refractivity contribution in [1.29, 1.82) is 0 Å². The van der Waals surface area contributed by atoms with Crippen molar-refractivity contribution in [2.24, 2.45) is 0 Å². The van der Waals surface area contributed by atoms with Gasteiger partial charge in [-0.1, -0.05) is 59.6 Å². The summed E-state index contributed by atoms with van der Waals surface area (Å²) >= 11 is 11.9. The molecule has 0 spiro atoms. The van der Waals surface area contributed by atoms with E-state index in [0.29, 0.717) is 15.6 Å². The SMILES string of the molecule is C[C@@H](CCc1ccccc1)NC(=O)[C@@H](C)OC(=O)Cc1ccc(Cl)cc1Cl. The Bertz CT molecular complexity index is 780. The van der Waals surface area contributed by atoms with Gasteiger partial charge >= 0.3 is 5.97 Å². The van der Waals surface area contributed by atoms with Crippen LogP contribution in [0.25, 0.3) is 0 Å². The second-order valence-corrected chi connectivity index (χ2v) is 7.32. The number of esters is 1. The average molecular weight is 408 g/mol. The number of rotatable bonds is 8. The van der Waals surface area contributed by atoms with Crippen LogP contribution in [-0.2, 0) is 27.2 Å². The molecule has 0 fully saturated rings. The number of nitrogens with one attached hydrogen (secondary N) is 1. The first kappa shape index (κ1) is 21.3. The zero-order valence-corrected chi connectivity index (χ0v) is 16.9. The van der Waals surface area contributed by atoms with E-state index in [0.717, 1.165) is 12.8 Å². The van der Waals surface area contributed by atoms with Crippen molar-refractivity contribution in [3.63, 3.8) is 0 Å². The molecule has 0 saturated heterocycles. The zero-order chi connectivity index (χ0) is 19.8. The quantitative estimate of drug-likeness (QED) is 0.650. The van der Waals surface area contributed by atoms with Crippen LogP contribution in [0.15, 0.2) is 48.5 Å². The van der Waals surface area contributed by atoms with Gasteiger partial charge in [-0.25, -0.2) is 0 Å². The predicted molar refractivity (Wildman–Crippen MR) is 108 cm³/mol. The van der Waals surface area contributed by atoms with Gasteiger partial charge in [0.1, 0.15) is 0 Å². The Morgan fingerprint density at radius 3 is 2.44 bits per heavy atom. The molecular weight excluding hydrogens is 385 g/mol. The van der Waals surface area contributed by atoms with Crippen LogP contribution in [0.2, 0.25) is 10.0 Å². The Balaban J connectivity index is 1.77. The molecule has 4 nitrogen and oxygen atoms in total. The van der Waals surface area contributed by atoms with Gasteiger partial charge in [-0.3, -0.25) is 9.59 Å². The number of hydrogen-bond donors (Lipinski definition) is 1. The molecule has 1 amide bonds. The van der Waals surface area contributed by atoms with Crippen molar-refractivity contribution in [1.82, 2.24) is 5.32 Å². The second kappa shape index (κ2) is 10.3. The summed E-state index contributed by atoms with van der Waals surface area (Å²) < 4.78 is 5.22. The fourth-order valence-electron chi connectivity index (χ4n) is 2.57. The molecule has 0 aliphatic heterocycles. The lowest BCUT2D eigenvalue weighted by Crippen LogP contribution is -2.41. The van der Waals surface area contributed by atoms with Gasteiger partial charge in [0.05, 0.1) is 6.42 Å². The van der Waals surface area contributed by atoms with Crippen LogP contribution in [0, 0.1) is 0 Å². The first-order valence-electron chi connectivity index (χ1n) is 8.83. The average Bonchev–Trinajstić information content (AvgIpc) is 2.63. The number of halogens is 2. The highest BCUT2D eigenvalue weighted by molar-refractivity contribution is 6.35. The first-order chi connectivity index (χ1) is 12.8. The highest BCUT2D eigenvalue weighted by Gasteiger charge is 2.20. The molecule has 0 unspecified atom stereocenters.